The first-order valence-corrected chi connectivity index (χ1v) is 10.7. The average Bonchev–Trinajstić information content (AvgIpc) is 3.26. The van der Waals surface area contributed by atoms with Crippen LogP contribution in [0.5, 0.6) is 0 Å². The number of nitrogens with zero attached hydrogens (tertiary/aromatic N) is 2. The lowest BCUT2D eigenvalue weighted by Crippen LogP contribution is -2.05. The molecule has 0 aliphatic heterocycles. The number of thiol groups is 2. The molecule has 0 aliphatic rings. The number of oxazole rings is 2. The predicted molar refractivity (Wildman–Crippen MR) is 120 cm³/mol. The number of ether oxygens (including phenoxy) is 1. The highest BCUT2D eigenvalue weighted by atomic mass is 79.9. The molecular weight excluding hydrogens is 548 g/mol. The van der Waals surface area contributed by atoms with Crippen LogP contribution in [0.2, 0.25) is 0 Å². The van der Waals surface area contributed by atoms with Crippen LogP contribution in [0.3, 0.4) is 0 Å². The fourth-order valence-electron chi connectivity index (χ4n) is 2.48. The van der Waals surface area contributed by atoms with E-state index in [0.29, 0.717) is 39.6 Å². The molecule has 11 heteroatoms. The number of benzene rings is 2. The van der Waals surface area contributed by atoms with Crippen LogP contribution in [-0.4, -0.2) is 27.7 Å². The summed E-state index contributed by atoms with van der Waals surface area (Å²) in [6.07, 6.45) is 0. The third kappa shape index (κ3) is 4.80. The van der Waals surface area contributed by atoms with Crippen molar-refractivity contribution in [3.8, 4) is 0 Å². The van der Waals surface area contributed by atoms with E-state index in [1.165, 1.54) is 0 Å². The SMILES string of the molecule is CCOC(=O)c1ccc(Br)c2oc(S)nc12.OCc1ccc(Br)c2oc(S)nc12. The smallest absolute Gasteiger partial charge is 0.340 e. The van der Waals surface area contributed by atoms with Crippen LogP contribution in [0, 0.1) is 0 Å². The minimum Gasteiger partial charge on any atom is -0.462 e. The van der Waals surface area contributed by atoms with Gasteiger partial charge >= 0.3 is 5.97 Å². The van der Waals surface area contributed by atoms with E-state index in [1.54, 1.807) is 25.1 Å². The number of esters is 1. The maximum Gasteiger partial charge on any atom is 0.340 e. The number of aliphatic hydroxyl groups is 1. The molecule has 0 saturated carbocycles. The molecule has 152 valence electrons. The molecule has 2 heterocycles. The molecule has 7 nitrogen and oxygen atoms in total. The highest BCUT2D eigenvalue weighted by Gasteiger charge is 2.17. The summed E-state index contributed by atoms with van der Waals surface area (Å²) in [6, 6.07) is 6.96. The summed E-state index contributed by atoms with van der Waals surface area (Å²) in [5, 5.41) is 9.53. The number of carbonyl (C=O) groups is 1. The quantitative estimate of drug-likeness (QED) is 0.227. The van der Waals surface area contributed by atoms with E-state index in [2.05, 4.69) is 67.1 Å². The lowest BCUT2D eigenvalue weighted by Gasteiger charge is -2.02. The summed E-state index contributed by atoms with van der Waals surface area (Å²) in [6.45, 7) is 2.02. The van der Waals surface area contributed by atoms with Crippen LogP contribution in [-0.2, 0) is 11.3 Å². The van der Waals surface area contributed by atoms with Gasteiger partial charge in [0.05, 0.1) is 27.7 Å². The number of rotatable bonds is 3. The zero-order valence-electron chi connectivity index (χ0n) is 14.8. The average molecular weight is 562 g/mol. The molecule has 0 amide bonds. The van der Waals surface area contributed by atoms with Crippen molar-refractivity contribution < 1.29 is 23.5 Å². The molecular formula is C18H14Br2N2O5S2. The molecule has 0 bridgehead atoms. The van der Waals surface area contributed by atoms with Gasteiger partial charge in [-0.3, -0.25) is 0 Å². The van der Waals surface area contributed by atoms with E-state index in [-0.39, 0.29) is 11.8 Å². The Labute approximate surface area is 192 Å². The normalized spacial score (nSPS) is 10.8. The van der Waals surface area contributed by atoms with Crippen molar-refractivity contribution >= 4 is 85.3 Å². The lowest BCUT2D eigenvalue weighted by molar-refractivity contribution is 0.0528. The molecule has 0 unspecified atom stereocenters. The maximum atomic E-state index is 11.6. The number of fused-ring (bicyclic) bond motifs is 2. The minimum atomic E-state index is -0.415. The fraction of sp³-hybridized carbons (Fsp3) is 0.167. The molecule has 1 N–H and O–H groups in total. The lowest BCUT2D eigenvalue weighted by atomic mass is 10.2. The van der Waals surface area contributed by atoms with Gasteiger partial charge in [-0.15, -0.1) is 0 Å². The zero-order chi connectivity index (χ0) is 21.1. The Balaban J connectivity index is 0.000000169. The van der Waals surface area contributed by atoms with Crippen LogP contribution >= 0.6 is 57.1 Å². The van der Waals surface area contributed by atoms with E-state index in [1.807, 2.05) is 6.07 Å². The minimum absolute atomic E-state index is 0.0521. The van der Waals surface area contributed by atoms with Gasteiger partial charge in [0, 0.05) is 5.56 Å². The van der Waals surface area contributed by atoms with Crippen molar-refractivity contribution in [1.29, 1.82) is 0 Å². The fourth-order valence-corrected chi connectivity index (χ4v) is 3.67. The number of hydrogen-bond acceptors (Lipinski definition) is 9. The zero-order valence-corrected chi connectivity index (χ0v) is 19.8. The molecule has 4 aromatic rings. The van der Waals surface area contributed by atoms with Gasteiger partial charge in [0.15, 0.2) is 11.2 Å². The number of aromatic nitrogens is 2. The Kier molecular flexibility index (Phi) is 7.28. The van der Waals surface area contributed by atoms with E-state index >= 15 is 0 Å². The molecule has 0 aliphatic carbocycles. The van der Waals surface area contributed by atoms with Gasteiger partial charge in [0.25, 0.3) is 10.4 Å². The Morgan fingerprint density at radius 3 is 2.17 bits per heavy atom. The second kappa shape index (κ2) is 9.52. The highest BCUT2D eigenvalue weighted by molar-refractivity contribution is 9.11. The summed E-state index contributed by atoms with van der Waals surface area (Å²) in [4.78, 5) is 19.7. The first kappa shape index (κ1) is 22.2. The first-order valence-electron chi connectivity index (χ1n) is 8.18. The molecule has 0 radical (unpaired) electrons. The Hall–Kier alpha value is -1.53. The molecule has 2 aromatic carbocycles. The van der Waals surface area contributed by atoms with Gasteiger partial charge in [-0.05, 0) is 57.0 Å². The third-order valence-electron chi connectivity index (χ3n) is 3.72. The van der Waals surface area contributed by atoms with Gasteiger partial charge < -0.3 is 18.7 Å². The van der Waals surface area contributed by atoms with E-state index in [4.69, 9.17) is 18.7 Å². The predicted octanol–water partition coefficient (Wildman–Crippen LogP) is 5.43. The molecule has 2 aromatic heterocycles. The van der Waals surface area contributed by atoms with Crippen LogP contribution in [0.25, 0.3) is 22.2 Å². The van der Waals surface area contributed by atoms with Crippen LogP contribution in [0.1, 0.15) is 22.8 Å². The van der Waals surface area contributed by atoms with E-state index in [9.17, 15) is 4.79 Å². The van der Waals surface area contributed by atoms with Crippen LogP contribution in [0.4, 0.5) is 0 Å². The number of carbonyl (C=O) groups excluding carboxylic acids is 1. The van der Waals surface area contributed by atoms with Crippen molar-refractivity contribution in [2.75, 3.05) is 6.61 Å². The summed E-state index contributed by atoms with van der Waals surface area (Å²) in [5.41, 5.74) is 3.35. The number of hydrogen-bond donors (Lipinski definition) is 3. The van der Waals surface area contributed by atoms with Gasteiger partial charge in [0.2, 0.25) is 0 Å². The van der Waals surface area contributed by atoms with Crippen LogP contribution in [0.15, 0.2) is 52.5 Å². The Morgan fingerprint density at radius 2 is 1.59 bits per heavy atom. The van der Waals surface area contributed by atoms with Crippen molar-refractivity contribution in [3.05, 3.63) is 44.3 Å². The Bertz CT molecular complexity index is 1190. The van der Waals surface area contributed by atoms with Gasteiger partial charge in [-0.1, -0.05) is 31.3 Å². The summed E-state index contributed by atoms with van der Waals surface area (Å²) in [5.74, 6) is -0.415. The number of halogens is 2. The standard InChI is InChI=1S/C10H8BrNO3S.C8H6BrNO2S/c1-2-14-9(13)5-3-4-6(11)8-7(5)12-10(16)15-8;9-5-2-1-4(3-11)6-7(5)12-8(13)10-6/h3-4H,2H2,1H3,(H,12,16);1-2,11H,3H2,(H,10,13). The van der Waals surface area contributed by atoms with E-state index in [0.717, 1.165) is 14.5 Å². The van der Waals surface area contributed by atoms with Gasteiger partial charge in [-0.25, -0.2) is 14.8 Å². The third-order valence-corrected chi connectivity index (χ3v) is 5.35. The summed E-state index contributed by atoms with van der Waals surface area (Å²) >= 11 is 14.6. The van der Waals surface area contributed by atoms with Crippen molar-refractivity contribution in [2.24, 2.45) is 0 Å². The van der Waals surface area contributed by atoms with Crippen molar-refractivity contribution in [3.63, 3.8) is 0 Å². The van der Waals surface area contributed by atoms with E-state index < -0.39 is 5.97 Å². The molecule has 29 heavy (non-hydrogen) atoms. The number of aliphatic hydroxyl groups excluding tert-OH is 1. The Morgan fingerprint density at radius 1 is 1.03 bits per heavy atom. The molecule has 0 spiro atoms. The van der Waals surface area contributed by atoms with Gasteiger partial charge in [0.1, 0.15) is 11.0 Å². The summed E-state index contributed by atoms with van der Waals surface area (Å²) in [7, 11) is 0. The second-order valence-corrected chi connectivity index (χ2v) is 8.00. The topological polar surface area (TPSA) is 98.6 Å². The molecule has 0 fully saturated rings. The second-order valence-electron chi connectivity index (χ2n) is 5.53. The monoisotopic (exact) mass is 560 g/mol. The molecule has 0 atom stereocenters. The maximum absolute atomic E-state index is 11.6. The van der Waals surface area contributed by atoms with Gasteiger partial charge in [-0.2, -0.15) is 0 Å². The molecule has 0 saturated heterocycles. The van der Waals surface area contributed by atoms with Crippen molar-refractivity contribution in [2.45, 2.75) is 24.0 Å². The first-order chi connectivity index (χ1) is 13.8. The largest absolute Gasteiger partial charge is 0.462 e. The summed E-state index contributed by atoms with van der Waals surface area (Å²) < 4.78 is 17.0. The van der Waals surface area contributed by atoms with Crippen LogP contribution < -0.4 is 0 Å². The molecule has 4 rings (SSSR count). The van der Waals surface area contributed by atoms with Crippen molar-refractivity contribution in [1.82, 2.24) is 9.97 Å². The highest BCUT2D eigenvalue weighted by Crippen LogP contribution is 2.30.